The lowest BCUT2D eigenvalue weighted by Gasteiger charge is -2.35. The van der Waals surface area contributed by atoms with Crippen LogP contribution in [0, 0.1) is 5.92 Å². The van der Waals surface area contributed by atoms with Crippen LogP contribution in [0.5, 0.6) is 0 Å². The number of hydrogen-bond acceptors (Lipinski definition) is 2. The summed E-state index contributed by atoms with van der Waals surface area (Å²) in [4.78, 5) is 0. The first kappa shape index (κ1) is 15.7. The van der Waals surface area contributed by atoms with E-state index in [4.69, 9.17) is 0 Å². The molecule has 0 spiro atoms. The highest BCUT2D eigenvalue weighted by Gasteiger charge is 2.44. The molecule has 0 bridgehead atoms. The molecule has 1 fully saturated rings. The van der Waals surface area contributed by atoms with Crippen molar-refractivity contribution < 1.29 is 21.6 Å². The fourth-order valence-electron chi connectivity index (χ4n) is 2.13. The Morgan fingerprint density at radius 2 is 1.83 bits per heavy atom. The van der Waals surface area contributed by atoms with Crippen molar-refractivity contribution in [2.75, 3.05) is 26.2 Å². The molecule has 1 aliphatic heterocycles. The van der Waals surface area contributed by atoms with Gasteiger partial charge in [0, 0.05) is 26.2 Å². The highest BCUT2D eigenvalue weighted by molar-refractivity contribution is 7.86. The second-order valence-corrected chi connectivity index (χ2v) is 6.26. The van der Waals surface area contributed by atoms with Gasteiger partial charge in [0.1, 0.15) is 0 Å². The van der Waals surface area contributed by atoms with E-state index < -0.39 is 28.8 Å². The molecule has 0 aromatic carbocycles. The van der Waals surface area contributed by atoms with Crippen molar-refractivity contribution in [3.05, 3.63) is 0 Å². The van der Waals surface area contributed by atoms with Crippen molar-refractivity contribution in [3.8, 4) is 0 Å². The smallest absolute Gasteiger partial charge is 0.195 e. The number of rotatable bonds is 4. The molecule has 0 unspecified atom stereocenters. The largest absolute Gasteiger partial charge is 0.393 e. The number of nitrogens with zero attached hydrogens (tertiary/aromatic N) is 2. The van der Waals surface area contributed by atoms with Gasteiger partial charge >= 0.3 is 6.18 Å². The minimum absolute atomic E-state index is 0.00771. The summed E-state index contributed by atoms with van der Waals surface area (Å²) in [5, 5.41) is 0. The van der Waals surface area contributed by atoms with E-state index in [0.717, 1.165) is 4.31 Å². The Labute approximate surface area is 106 Å². The summed E-state index contributed by atoms with van der Waals surface area (Å²) in [5.41, 5.74) is 0. The van der Waals surface area contributed by atoms with Crippen molar-refractivity contribution in [1.82, 2.24) is 8.61 Å². The number of hydrogen-bond donors (Lipinski definition) is 0. The van der Waals surface area contributed by atoms with Crippen molar-refractivity contribution in [3.63, 3.8) is 0 Å². The Hall–Kier alpha value is -0.340. The molecule has 1 heterocycles. The van der Waals surface area contributed by atoms with E-state index in [1.54, 1.807) is 13.8 Å². The molecule has 108 valence electrons. The van der Waals surface area contributed by atoms with Gasteiger partial charge in [0.05, 0.1) is 5.92 Å². The van der Waals surface area contributed by atoms with Gasteiger partial charge in [-0.05, 0) is 12.8 Å². The lowest BCUT2D eigenvalue weighted by atomic mass is 9.99. The summed E-state index contributed by atoms with van der Waals surface area (Å²) in [6, 6.07) is 0. The highest BCUT2D eigenvalue weighted by Crippen LogP contribution is 2.34. The second-order valence-electron chi connectivity index (χ2n) is 4.33. The molecule has 0 aliphatic carbocycles. The monoisotopic (exact) mass is 288 g/mol. The Balaban J connectivity index is 2.84. The van der Waals surface area contributed by atoms with E-state index in [1.165, 1.54) is 4.31 Å². The Morgan fingerprint density at radius 1 is 1.28 bits per heavy atom. The third-order valence-electron chi connectivity index (χ3n) is 3.21. The van der Waals surface area contributed by atoms with Crippen molar-refractivity contribution >= 4 is 10.2 Å². The first-order valence-electron chi connectivity index (χ1n) is 6.05. The lowest BCUT2D eigenvalue weighted by Crippen LogP contribution is -2.50. The molecule has 18 heavy (non-hydrogen) atoms. The van der Waals surface area contributed by atoms with Crippen LogP contribution in [0.1, 0.15) is 26.7 Å². The van der Waals surface area contributed by atoms with Gasteiger partial charge in [0.15, 0.2) is 0 Å². The van der Waals surface area contributed by atoms with Gasteiger partial charge in [-0.25, -0.2) is 0 Å². The van der Waals surface area contributed by atoms with Crippen molar-refractivity contribution in [2.24, 2.45) is 5.92 Å². The van der Waals surface area contributed by atoms with Gasteiger partial charge in [0.25, 0.3) is 10.2 Å². The van der Waals surface area contributed by atoms with Gasteiger partial charge in [-0.3, -0.25) is 0 Å². The minimum Gasteiger partial charge on any atom is -0.195 e. The van der Waals surface area contributed by atoms with E-state index in [-0.39, 0.29) is 32.5 Å². The fourth-order valence-corrected chi connectivity index (χ4v) is 3.84. The minimum atomic E-state index is -4.32. The fraction of sp³-hybridized carbons (Fsp3) is 1.00. The third kappa shape index (κ3) is 3.36. The molecule has 0 radical (unpaired) electrons. The van der Waals surface area contributed by atoms with Crippen molar-refractivity contribution in [1.29, 1.82) is 0 Å². The summed E-state index contributed by atoms with van der Waals surface area (Å²) in [7, 11) is -3.75. The SMILES string of the molecule is CCN(CC)S(=O)(=O)N1CCC[C@@H](C(F)(F)F)C1. The molecule has 1 aliphatic rings. The van der Waals surface area contributed by atoms with Crippen LogP contribution in [0.25, 0.3) is 0 Å². The maximum absolute atomic E-state index is 12.6. The summed E-state index contributed by atoms with van der Waals surface area (Å²) in [6.45, 7) is 3.60. The molecule has 1 atom stereocenters. The van der Waals surface area contributed by atoms with Crippen molar-refractivity contribution in [2.45, 2.75) is 32.9 Å². The van der Waals surface area contributed by atoms with Gasteiger partial charge < -0.3 is 0 Å². The van der Waals surface area contributed by atoms with Crippen LogP contribution in [0.15, 0.2) is 0 Å². The second kappa shape index (κ2) is 5.75. The van der Waals surface area contributed by atoms with E-state index in [9.17, 15) is 21.6 Å². The zero-order chi connectivity index (χ0) is 14.0. The van der Waals surface area contributed by atoms with Crippen LogP contribution in [-0.2, 0) is 10.2 Å². The van der Waals surface area contributed by atoms with Crippen LogP contribution < -0.4 is 0 Å². The molecule has 0 aromatic heterocycles. The van der Waals surface area contributed by atoms with E-state index in [0.29, 0.717) is 0 Å². The van der Waals surface area contributed by atoms with E-state index >= 15 is 0 Å². The Bertz CT molecular complexity index is 366. The van der Waals surface area contributed by atoms with Gasteiger partial charge in [-0.2, -0.15) is 30.2 Å². The van der Waals surface area contributed by atoms with Crippen LogP contribution >= 0.6 is 0 Å². The zero-order valence-electron chi connectivity index (χ0n) is 10.6. The molecule has 0 aromatic rings. The zero-order valence-corrected chi connectivity index (χ0v) is 11.4. The molecule has 4 nitrogen and oxygen atoms in total. The first-order chi connectivity index (χ1) is 8.23. The van der Waals surface area contributed by atoms with E-state index in [2.05, 4.69) is 0 Å². The van der Waals surface area contributed by atoms with Gasteiger partial charge in [0.2, 0.25) is 0 Å². The summed E-state index contributed by atoms with van der Waals surface area (Å²) in [5.74, 6) is -1.54. The first-order valence-corrected chi connectivity index (χ1v) is 7.45. The third-order valence-corrected chi connectivity index (χ3v) is 5.36. The maximum Gasteiger partial charge on any atom is 0.393 e. The summed E-state index contributed by atoms with van der Waals surface area (Å²) < 4.78 is 64.3. The molecule has 1 rings (SSSR count). The molecular weight excluding hydrogens is 269 g/mol. The summed E-state index contributed by atoms with van der Waals surface area (Å²) in [6.07, 6.45) is -4.06. The highest BCUT2D eigenvalue weighted by atomic mass is 32.2. The Morgan fingerprint density at radius 3 is 2.28 bits per heavy atom. The standard InChI is InChI=1S/C10H19F3N2O2S/c1-3-14(4-2)18(16,17)15-7-5-6-9(8-15)10(11,12)13/h9H,3-8H2,1-2H3/t9-/m1/s1. The van der Waals surface area contributed by atoms with Crippen LogP contribution in [0.3, 0.4) is 0 Å². The quantitative estimate of drug-likeness (QED) is 0.792. The average molecular weight is 288 g/mol. The average Bonchev–Trinajstić information content (AvgIpc) is 2.29. The Kier molecular flexibility index (Phi) is 5.02. The lowest BCUT2D eigenvalue weighted by molar-refractivity contribution is -0.182. The maximum atomic E-state index is 12.6. The molecule has 0 N–H and O–H groups in total. The number of alkyl halides is 3. The summed E-state index contributed by atoms with van der Waals surface area (Å²) >= 11 is 0. The predicted molar refractivity (Wildman–Crippen MR) is 62.2 cm³/mol. The normalized spacial score (nSPS) is 23.6. The molecule has 0 saturated carbocycles. The molecule has 1 saturated heterocycles. The van der Waals surface area contributed by atoms with Gasteiger partial charge in [-0.15, -0.1) is 0 Å². The van der Waals surface area contributed by atoms with Crippen LogP contribution in [-0.4, -0.2) is 49.4 Å². The molecular formula is C10H19F3N2O2S. The number of piperidine rings is 1. The van der Waals surface area contributed by atoms with Crippen LogP contribution in [0.4, 0.5) is 13.2 Å². The molecule has 0 amide bonds. The van der Waals surface area contributed by atoms with E-state index in [1.807, 2.05) is 0 Å². The predicted octanol–water partition coefficient (Wildman–Crippen LogP) is 1.85. The van der Waals surface area contributed by atoms with Crippen LogP contribution in [0.2, 0.25) is 0 Å². The molecule has 8 heteroatoms. The van der Waals surface area contributed by atoms with Gasteiger partial charge in [-0.1, -0.05) is 13.8 Å². The topological polar surface area (TPSA) is 40.6 Å². The number of halogens is 3.